The number of carbonyl (C=O) groups is 4. The third-order valence-corrected chi connectivity index (χ3v) is 9.95. The van der Waals surface area contributed by atoms with Gasteiger partial charge >= 0.3 is 11.9 Å². The lowest BCUT2D eigenvalue weighted by Crippen LogP contribution is -2.29. The maximum Gasteiger partial charge on any atom is 0.302 e. The first-order valence-corrected chi connectivity index (χ1v) is 17.4. The van der Waals surface area contributed by atoms with Crippen molar-refractivity contribution in [3.05, 3.63) is 28.2 Å². The van der Waals surface area contributed by atoms with E-state index in [0.29, 0.717) is 5.52 Å². The molecule has 2 saturated heterocycles. The molecular formula is C28H31Br2ClN10O11. The Hall–Kier alpha value is -4.13. The molecule has 280 valence electrons. The van der Waals surface area contributed by atoms with Crippen LogP contribution in [0.1, 0.15) is 40.2 Å². The van der Waals surface area contributed by atoms with E-state index >= 15 is 0 Å². The molecule has 0 radical (unpaired) electrons. The average molecular weight is 879 g/mol. The summed E-state index contributed by atoms with van der Waals surface area (Å²) in [6.45, 7) is 5.10. The summed E-state index contributed by atoms with van der Waals surface area (Å²) in [7, 11) is 0. The molecule has 0 aliphatic carbocycles. The molecule has 2 fully saturated rings. The van der Waals surface area contributed by atoms with E-state index in [-0.39, 0.29) is 53.0 Å². The SMILES string of the molecule is CC(=O)Nc1nc(Cl)c2ncn([C@@H]3O[C@H](COC(C)=O)[C@H](Br)[C@H]3O)c2n1.CC(=O)Nc1nc2c(ncn2[C@@H]2O[C@H](COC(C)=O)[C@H](Br)[C@H]2O)c(=O)[nH]1. The van der Waals surface area contributed by atoms with Crippen molar-refractivity contribution in [2.45, 2.75) is 74.2 Å². The number of ether oxygens (including phenoxy) is 4. The largest absolute Gasteiger partial charge is 0.463 e. The number of hydrogen-bond donors (Lipinski definition) is 5. The molecule has 2 aliphatic heterocycles. The second-order valence-electron chi connectivity index (χ2n) is 11.4. The lowest BCUT2D eigenvalue weighted by molar-refractivity contribution is -0.146. The number of halogens is 3. The van der Waals surface area contributed by atoms with Crippen molar-refractivity contribution in [3.8, 4) is 0 Å². The Labute approximate surface area is 314 Å². The van der Waals surface area contributed by atoms with Crippen LogP contribution in [0.4, 0.5) is 11.9 Å². The number of aliphatic hydroxyl groups is 2. The second-order valence-corrected chi connectivity index (χ2v) is 13.8. The first-order valence-electron chi connectivity index (χ1n) is 15.2. The number of nitrogens with zero attached hydrogens (tertiary/aromatic N) is 7. The number of nitrogens with one attached hydrogen (secondary N) is 3. The van der Waals surface area contributed by atoms with E-state index in [4.69, 9.17) is 30.5 Å². The smallest absolute Gasteiger partial charge is 0.302 e. The Bertz CT molecular complexity index is 2060. The standard InChI is InChI=1S/C14H15BrClN5O5.C14H16BrN5O6/c1-5(22)18-14-19-11(16)9-12(20-14)21(4-17-9)13-10(24)8(15)7(26-13)3-25-6(2)23;1-5(21)17-14-18-11-9(12(24)19-14)16-4-20(11)13-10(23)8(15)7(26-13)3-25-6(2)22/h4,7-8,10,13,24H,3H2,1-2H3,(H,18,19,20,22);4,7-8,10,13,23H,3H2,1-2H3,(H2,17,18,19,21,24)/t2*7-,8+,10-,13-/m11/s1. The van der Waals surface area contributed by atoms with Crippen LogP contribution < -0.4 is 16.2 Å². The quantitative estimate of drug-likeness (QED) is 0.0925. The minimum Gasteiger partial charge on any atom is -0.463 e. The number of aliphatic hydroxyl groups excluding tert-OH is 2. The summed E-state index contributed by atoms with van der Waals surface area (Å²) in [6.07, 6.45) is -2.19. The van der Waals surface area contributed by atoms with Crippen molar-refractivity contribution in [1.29, 1.82) is 0 Å². The summed E-state index contributed by atoms with van der Waals surface area (Å²) in [5.74, 6) is -1.71. The fourth-order valence-corrected chi connectivity index (χ4v) is 6.46. The zero-order chi connectivity index (χ0) is 38.0. The van der Waals surface area contributed by atoms with Crippen molar-refractivity contribution in [2.75, 3.05) is 23.8 Å². The van der Waals surface area contributed by atoms with Crippen molar-refractivity contribution in [3.63, 3.8) is 0 Å². The molecule has 8 atom stereocenters. The van der Waals surface area contributed by atoms with Crippen LogP contribution in [0.15, 0.2) is 17.4 Å². The summed E-state index contributed by atoms with van der Waals surface area (Å²) in [4.78, 5) is 78.4. The predicted octanol–water partition coefficient (Wildman–Crippen LogP) is 0.686. The zero-order valence-electron chi connectivity index (χ0n) is 27.5. The summed E-state index contributed by atoms with van der Waals surface area (Å²) in [6, 6.07) is 0. The number of H-pyrrole nitrogens is 1. The second kappa shape index (κ2) is 16.3. The molecule has 0 bridgehead atoms. The first kappa shape index (κ1) is 39.1. The van der Waals surface area contributed by atoms with Gasteiger partial charge in [-0.1, -0.05) is 43.5 Å². The van der Waals surface area contributed by atoms with Gasteiger partial charge in [0.15, 0.2) is 34.4 Å². The Morgan fingerprint density at radius 3 is 1.79 bits per heavy atom. The van der Waals surface area contributed by atoms with E-state index in [1.54, 1.807) is 0 Å². The van der Waals surface area contributed by atoms with Crippen molar-refractivity contribution in [2.24, 2.45) is 0 Å². The molecule has 6 rings (SSSR count). The van der Waals surface area contributed by atoms with Gasteiger partial charge in [0.2, 0.25) is 23.7 Å². The molecular weight excluding hydrogens is 848 g/mol. The minimum atomic E-state index is -1.02. The maximum atomic E-state index is 12.1. The number of aromatic nitrogens is 8. The van der Waals surface area contributed by atoms with Crippen LogP contribution in [-0.4, -0.2) is 120 Å². The minimum absolute atomic E-state index is 0.0103. The van der Waals surface area contributed by atoms with Crippen LogP contribution in [0.25, 0.3) is 22.3 Å². The van der Waals surface area contributed by atoms with Gasteiger partial charge in [-0.2, -0.15) is 15.0 Å². The van der Waals surface area contributed by atoms with Crippen molar-refractivity contribution >= 4 is 101 Å². The number of alkyl halides is 2. The van der Waals surface area contributed by atoms with E-state index < -0.39 is 69.9 Å². The van der Waals surface area contributed by atoms with Gasteiger partial charge in [0.05, 0.1) is 22.3 Å². The van der Waals surface area contributed by atoms with Crippen LogP contribution in [0.2, 0.25) is 5.15 Å². The third kappa shape index (κ3) is 8.56. The van der Waals surface area contributed by atoms with Crippen molar-refractivity contribution < 1.29 is 48.3 Å². The van der Waals surface area contributed by atoms with Gasteiger partial charge < -0.3 is 29.2 Å². The molecule has 0 unspecified atom stereocenters. The summed E-state index contributed by atoms with van der Waals surface area (Å²) in [5.41, 5.74) is 0.201. The number of rotatable bonds is 8. The van der Waals surface area contributed by atoms with Crippen LogP contribution in [0, 0.1) is 0 Å². The highest BCUT2D eigenvalue weighted by Crippen LogP contribution is 2.37. The molecule has 24 heteroatoms. The Morgan fingerprint density at radius 1 is 0.827 bits per heavy atom. The van der Waals surface area contributed by atoms with Gasteiger partial charge in [-0.3, -0.25) is 48.7 Å². The number of amides is 2. The number of anilines is 2. The van der Waals surface area contributed by atoms with E-state index in [2.05, 4.69) is 72.4 Å². The lowest BCUT2D eigenvalue weighted by Gasteiger charge is -2.17. The molecule has 0 saturated carbocycles. The van der Waals surface area contributed by atoms with Gasteiger partial charge in [-0.25, -0.2) is 9.97 Å². The molecule has 0 spiro atoms. The Morgan fingerprint density at radius 2 is 1.31 bits per heavy atom. The number of fused-ring (bicyclic) bond motifs is 2. The van der Waals surface area contributed by atoms with E-state index in [9.17, 15) is 34.2 Å². The molecule has 2 aliphatic rings. The number of aromatic amines is 1. The topological polar surface area (TPSA) is 277 Å². The summed E-state index contributed by atoms with van der Waals surface area (Å²) < 4.78 is 24.3. The molecule has 52 heavy (non-hydrogen) atoms. The fourth-order valence-electron chi connectivity index (χ4n) is 5.17. The van der Waals surface area contributed by atoms with Gasteiger partial charge in [-0.05, 0) is 0 Å². The Balaban J connectivity index is 0.000000201. The van der Waals surface area contributed by atoms with Gasteiger partial charge in [0.25, 0.3) is 5.56 Å². The lowest BCUT2D eigenvalue weighted by atomic mass is 10.2. The molecule has 0 aromatic carbocycles. The maximum absolute atomic E-state index is 12.1. The van der Waals surface area contributed by atoms with Crippen LogP contribution in [0.5, 0.6) is 0 Å². The van der Waals surface area contributed by atoms with E-state index in [0.717, 1.165) is 0 Å². The van der Waals surface area contributed by atoms with Crippen LogP contribution in [-0.2, 0) is 38.1 Å². The highest BCUT2D eigenvalue weighted by atomic mass is 79.9. The third-order valence-electron chi connectivity index (χ3n) is 7.42. The molecule has 6 heterocycles. The van der Waals surface area contributed by atoms with Crippen LogP contribution in [0.3, 0.4) is 0 Å². The fraction of sp³-hybridized carbons (Fsp3) is 0.500. The van der Waals surface area contributed by atoms with Gasteiger partial charge in [0.1, 0.15) is 43.1 Å². The number of carbonyl (C=O) groups excluding carboxylic acids is 4. The monoisotopic (exact) mass is 876 g/mol. The first-order chi connectivity index (χ1) is 24.5. The normalized spacial score (nSPS) is 25.4. The molecule has 2 amide bonds. The molecule has 21 nitrogen and oxygen atoms in total. The van der Waals surface area contributed by atoms with E-state index in [1.807, 2.05) is 0 Å². The number of hydrogen-bond acceptors (Lipinski definition) is 16. The van der Waals surface area contributed by atoms with Crippen molar-refractivity contribution in [1.82, 2.24) is 39.0 Å². The van der Waals surface area contributed by atoms with Crippen LogP contribution >= 0.6 is 43.5 Å². The average Bonchev–Trinajstić information content (AvgIpc) is 3.81. The predicted molar refractivity (Wildman–Crippen MR) is 186 cm³/mol. The molecule has 4 aromatic heterocycles. The number of esters is 2. The van der Waals surface area contributed by atoms with E-state index in [1.165, 1.54) is 49.5 Å². The summed E-state index contributed by atoms with van der Waals surface area (Å²) >= 11 is 12.8. The molecule has 5 N–H and O–H groups in total. The Kier molecular flexibility index (Phi) is 12.2. The number of imidazole rings is 2. The highest BCUT2D eigenvalue weighted by Gasteiger charge is 2.45. The van der Waals surface area contributed by atoms with Gasteiger partial charge in [0, 0.05) is 27.7 Å². The summed E-state index contributed by atoms with van der Waals surface area (Å²) in [5, 5.41) is 25.9. The zero-order valence-corrected chi connectivity index (χ0v) is 31.4. The highest BCUT2D eigenvalue weighted by molar-refractivity contribution is 9.09. The van der Waals surface area contributed by atoms with Gasteiger partial charge in [-0.15, -0.1) is 0 Å². The molecule has 4 aromatic rings.